The fraction of sp³-hybridized carbons (Fsp3) is 0.250. The van der Waals surface area contributed by atoms with Gasteiger partial charge in [0.2, 0.25) is 10.0 Å². The predicted molar refractivity (Wildman–Crippen MR) is 122 cm³/mol. The van der Waals surface area contributed by atoms with Crippen LogP contribution in [0.5, 0.6) is 23.0 Å². The van der Waals surface area contributed by atoms with E-state index in [-0.39, 0.29) is 10.6 Å². The van der Waals surface area contributed by atoms with Crippen molar-refractivity contribution in [3.05, 3.63) is 77.9 Å². The minimum atomic E-state index is -3.94. The van der Waals surface area contributed by atoms with Crippen LogP contribution in [0, 0.1) is 0 Å². The summed E-state index contributed by atoms with van der Waals surface area (Å²) in [4.78, 5) is 0.00703. The maximum atomic E-state index is 13.4. The highest BCUT2D eigenvalue weighted by atomic mass is 32.2. The number of nitrogens with one attached hydrogen (secondary N) is 1. The van der Waals surface area contributed by atoms with Gasteiger partial charge in [0.05, 0.1) is 34.5 Å². The van der Waals surface area contributed by atoms with Crippen molar-refractivity contribution < 1.29 is 27.4 Å². The highest BCUT2D eigenvalue weighted by molar-refractivity contribution is 7.89. The molecule has 0 aliphatic carbocycles. The topological polar surface area (TPSA) is 83.1 Å². The highest BCUT2D eigenvalue weighted by Crippen LogP contribution is 2.31. The SMILES string of the molecule is COc1ccc(CC(NS(=O)(=O)c2cc(OC)ccc2OC)c2ccc(OC)cc2)cc1. The Morgan fingerprint density at radius 1 is 0.719 bits per heavy atom. The van der Waals surface area contributed by atoms with E-state index in [4.69, 9.17) is 18.9 Å². The summed E-state index contributed by atoms with van der Waals surface area (Å²) < 4.78 is 50.6. The number of rotatable bonds is 10. The number of ether oxygens (including phenoxy) is 4. The molecule has 0 aromatic heterocycles. The van der Waals surface area contributed by atoms with Gasteiger partial charge in [0.25, 0.3) is 0 Å². The van der Waals surface area contributed by atoms with Crippen LogP contribution in [0.3, 0.4) is 0 Å². The van der Waals surface area contributed by atoms with E-state index >= 15 is 0 Å². The van der Waals surface area contributed by atoms with Gasteiger partial charge >= 0.3 is 0 Å². The molecule has 1 atom stereocenters. The molecule has 8 heteroatoms. The molecule has 0 bridgehead atoms. The lowest BCUT2D eigenvalue weighted by atomic mass is 9.99. The third-order valence-electron chi connectivity index (χ3n) is 5.07. The summed E-state index contributed by atoms with van der Waals surface area (Å²) in [6, 6.07) is 18.9. The first-order valence-corrected chi connectivity index (χ1v) is 11.4. The van der Waals surface area contributed by atoms with Gasteiger partial charge in [-0.15, -0.1) is 0 Å². The third-order valence-corrected chi connectivity index (χ3v) is 6.57. The minimum Gasteiger partial charge on any atom is -0.497 e. The first-order valence-electron chi connectivity index (χ1n) is 9.91. The second-order valence-electron chi connectivity index (χ2n) is 7.02. The molecule has 3 aromatic rings. The first kappa shape index (κ1) is 23.4. The highest BCUT2D eigenvalue weighted by Gasteiger charge is 2.26. The molecule has 3 rings (SSSR count). The molecule has 1 N–H and O–H groups in total. The van der Waals surface area contributed by atoms with E-state index in [0.29, 0.717) is 17.9 Å². The van der Waals surface area contributed by atoms with E-state index in [0.717, 1.165) is 16.9 Å². The van der Waals surface area contributed by atoms with Crippen LogP contribution in [0.2, 0.25) is 0 Å². The van der Waals surface area contributed by atoms with Crippen molar-refractivity contribution in [3.8, 4) is 23.0 Å². The zero-order chi connectivity index (χ0) is 23.1. The van der Waals surface area contributed by atoms with Crippen molar-refractivity contribution >= 4 is 10.0 Å². The molecule has 1 unspecified atom stereocenters. The lowest BCUT2D eigenvalue weighted by Gasteiger charge is -2.21. The van der Waals surface area contributed by atoms with Gasteiger partial charge in [0, 0.05) is 6.07 Å². The van der Waals surface area contributed by atoms with Crippen LogP contribution < -0.4 is 23.7 Å². The van der Waals surface area contributed by atoms with Crippen LogP contribution >= 0.6 is 0 Å². The molecule has 170 valence electrons. The molecule has 0 saturated carbocycles. The Morgan fingerprint density at radius 3 is 1.78 bits per heavy atom. The van der Waals surface area contributed by atoms with Crippen molar-refractivity contribution in [2.75, 3.05) is 28.4 Å². The second kappa shape index (κ2) is 10.4. The average molecular weight is 458 g/mol. The van der Waals surface area contributed by atoms with E-state index in [1.807, 2.05) is 36.4 Å². The smallest absolute Gasteiger partial charge is 0.244 e. The van der Waals surface area contributed by atoms with Gasteiger partial charge in [-0.05, 0) is 53.9 Å². The molecule has 0 radical (unpaired) electrons. The van der Waals surface area contributed by atoms with Gasteiger partial charge in [-0.2, -0.15) is 0 Å². The number of hydrogen-bond acceptors (Lipinski definition) is 6. The van der Waals surface area contributed by atoms with Crippen LogP contribution in [-0.4, -0.2) is 36.9 Å². The molecule has 32 heavy (non-hydrogen) atoms. The van der Waals surface area contributed by atoms with E-state index < -0.39 is 16.1 Å². The second-order valence-corrected chi connectivity index (χ2v) is 8.70. The largest absolute Gasteiger partial charge is 0.497 e. The molecule has 0 amide bonds. The number of sulfonamides is 1. The Hall–Kier alpha value is -3.23. The van der Waals surface area contributed by atoms with Gasteiger partial charge in [0.1, 0.15) is 27.9 Å². The number of benzene rings is 3. The summed E-state index contributed by atoms with van der Waals surface area (Å²) in [7, 11) is 2.16. The van der Waals surface area contributed by atoms with Crippen LogP contribution in [0.15, 0.2) is 71.6 Å². The molecule has 0 heterocycles. The van der Waals surface area contributed by atoms with Crippen molar-refractivity contribution in [1.29, 1.82) is 0 Å². The summed E-state index contributed by atoms with van der Waals surface area (Å²) in [5.41, 5.74) is 1.75. The Bertz CT molecular complexity index is 1130. The van der Waals surface area contributed by atoms with E-state index in [9.17, 15) is 8.42 Å². The Labute approximate surface area is 189 Å². The third kappa shape index (κ3) is 5.52. The molecule has 0 saturated heterocycles. The molecule has 0 fully saturated rings. The average Bonchev–Trinajstić information content (AvgIpc) is 2.83. The van der Waals surface area contributed by atoms with Crippen molar-refractivity contribution in [2.24, 2.45) is 0 Å². The molecule has 0 aliphatic heterocycles. The van der Waals surface area contributed by atoms with Gasteiger partial charge in [-0.1, -0.05) is 24.3 Å². The number of methoxy groups -OCH3 is 4. The van der Waals surface area contributed by atoms with Crippen LogP contribution in [0.4, 0.5) is 0 Å². The monoisotopic (exact) mass is 457 g/mol. The fourth-order valence-corrected chi connectivity index (χ4v) is 4.71. The summed E-state index contributed by atoms with van der Waals surface area (Å²) in [6.07, 6.45) is 0.432. The van der Waals surface area contributed by atoms with E-state index in [1.54, 1.807) is 38.5 Å². The fourth-order valence-electron chi connectivity index (χ4n) is 3.31. The van der Waals surface area contributed by atoms with Crippen LogP contribution in [0.25, 0.3) is 0 Å². The molecular weight excluding hydrogens is 430 g/mol. The lowest BCUT2D eigenvalue weighted by molar-refractivity contribution is 0.391. The van der Waals surface area contributed by atoms with Gasteiger partial charge in [-0.3, -0.25) is 0 Å². The summed E-state index contributed by atoms with van der Waals surface area (Å²) in [6.45, 7) is 0. The quantitative estimate of drug-likeness (QED) is 0.496. The van der Waals surface area contributed by atoms with Gasteiger partial charge < -0.3 is 18.9 Å². The van der Waals surface area contributed by atoms with Crippen LogP contribution in [0.1, 0.15) is 17.2 Å². The normalized spacial score (nSPS) is 12.1. The molecule has 3 aromatic carbocycles. The molecular formula is C24H27NO6S. The van der Waals surface area contributed by atoms with Crippen molar-refractivity contribution in [3.63, 3.8) is 0 Å². The summed E-state index contributed by atoms with van der Waals surface area (Å²) in [5, 5.41) is 0. The molecule has 0 aliphatic rings. The molecule has 0 spiro atoms. The Kier molecular flexibility index (Phi) is 7.61. The zero-order valence-corrected chi connectivity index (χ0v) is 19.3. The van der Waals surface area contributed by atoms with Gasteiger partial charge in [-0.25, -0.2) is 13.1 Å². The minimum absolute atomic E-state index is 0.00703. The van der Waals surface area contributed by atoms with Crippen molar-refractivity contribution in [1.82, 2.24) is 4.72 Å². The summed E-state index contributed by atoms with van der Waals surface area (Å²) >= 11 is 0. The Morgan fingerprint density at radius 2 is 1.25 bits per heavy atom. The lowest BCUT2D eigenvalue weighted by Crippen LogP contribution is -2.30. The zero-order valence-electron chi connectivity index (χ0n) is 18.5. The van der Waals surface area contributed by atoms with E-state index in [2.05, 4.69) is 4.72 Å². The van der Waals surface area contributed by atoms with Crippen molar-refractivity contribution in [2.45, 2.75) is 17.4 Å². The van der Waals surface area contributed by atoms with Gasteiger partial charge in [0.15, 0.2) is 0 Å². The Balaban J connectivity index is 1.98. The van der Waals surface area contributed by atoms with E-state index in [1.165, 1.54) is 20.3 Å². The predicted octanol–water partition coefficient (Wildman–Crippen LogP) is 3.98. The summed E-state index contributed by atoms with van der Waals surface area (Å²) in [5.74, 6) is 2.07. The maximum absolute atomic E-state index is 13.4. The maximum Gasteiger partial charge on any atom is 0.244 e. The standard InChI is InChI=1S/C24H27NO6S/c1-28-19-9-5-17(6-10-19)15-22(18-7-11-20(29-2)12-8-18)25-32(26,27)24-16-21(30-3)13-14-23(24)31-4/h5-14,16,22,25H,15H2,1-4H3. The number of hydrogen-bond donors (Lipinski definition) is 1. The first-order chi connectivity index (χ1) is 15.4. The molecule has 7 nitrogen and oxygen atoms in total. The van der Waals surface area contributed by atoms with Crippen LogP contribution in [-0.2, 0) is 16.4 Å².